The van der Waals surface area contributed by atoms with E-state index in [1.807, 2.05) is 5.38 Å². The molecule has 0 spiro atoms. The highest BCUT2D eigenvalue weighted by Gasteiger charge is 2.13. The highest BCUT2D eigenvalue weighted by molar-refractivity contribution is 7.14. The summed E-state index contributed by atoms with van der Waals surface area (Å²) >= 11 is 1.38. The van der Waals surface area contributed by atoms with Crippen molar-refractivity contribution < 1.29 is 4.79 Å². The zero-order chi connectivity index (χ0) is 17.3. The smallest absolute Gasteiger partial charge is 0.258 e. The van der Waals surface area contributed by atoms with Gasteiger partial charge in [-0.3, -0.25) is 14.9 Å². The Kier molecular flexibility index (Phi) is 4.31. The van der Waals surface area contributed by atoms with E-state index < -0.39 is 0 Å². The van der Waals surface area contributed by atoms with Gasteiger partial charge >= 0.3 is 0 Å². The molecule has 0 aliphatic rings. The van der Waals surface area contributed by atoms with E-state index in [9.17, 15) is 9.59 Å². The lowest BCUT2D eigenvalue weighted by atomic mass is 9.98. The molecule has 1 aromatic carbocycles. The normalized spacial score (nSPS) is 10.6. The van der Waals surface area contributed by atoms with Gasteiger partial charge in [-0.1, -0.05) is 17.7 Å². The van der Waals surface area contributed by atoms with Crippen LogP contribution in [0.25, 0.3) is 11.3 Å². The zero-order valence-corrected chi connectivity index (χ0v) is 14.5. The third-order valence-corrected chi connectivity index (χ3v) is 4.46. The fourth-order valence-electron chi connectivity index (χ4n) is 2.75. The Balaban J connectivity index is 1.85. The van der Waals surface area contributed by atoms with Gasteiger partial charge in [-0.05, 0) is 38.0 Å². The lowest BCUT2D eigenvalue weighted by Crippen LogP contribution is -2.14. The summed E-state index contributed by atoms with van der Waals surface area (Å²) in [6.07, 6.45) is 1.39. The van der Waals surface area contributed by atoms with Crippen LogP contribution >= 0.6 is 11.3 Å². The molecule has 0 aliphatic heterocycles. The number of H-pyrrole nitrogens is 1. The van der Waals surface area contributed by atoms with E-state index in [1.165, 1.54) is 35.2 Å². The summed E-state index contributed by atoms with van der Waals surface area (Å²) < 4.78 is 0. The second kappa shape index (κ2) is 6.41. The van der Waals surface area contributed by atoms with E-state index in [2.05, 4.69) is 48.2 Å². The van der Waals surface area contributed by atoms with Crippen molar-refractivity contribution in [3.8, 4) is 11.3 Å². The number of aryl methyl sites for hydroxylation is 3. The quantitative estimate of drug-likeness (QED) is 0.764. The number of benzene rings is 1. The summed E-state index contributed by atoms with van der Waals surface area (Å²) in [5, 5.41) is 5.23. The first-order valence-corrected chi connectivity index (χ1v) is 8.36. The number of anilines is 1. The number of carbonyl (C=O) groups is 1. The monoisotopic (exact) mass is 339 g/mol. The molecule has 3 rings (SSSR count). The number of carbonyl (C=O) groups excluding carboxylic acids is 1. The third kappa shape index (κ3) is 3.28. The van der Waals surface area contributed by atoms with Crippen molar-refractivity contribution in [3.63, 3.8) is 0 Å². The van der Waals surface area contributed by atoms with Gasteiger partial charge in [0, 0.05) is 23.2 Å². The number of pyridine rings is 1. The molecular formula is C18H17N3O2S. The van der Waals surface area contributed by atoms with Crippen LogP contribution in [0.4, 0.5) is 5.13 Å². The van der Waals surface area contributed by atoms with Gasteiger partial charge in [0.2, 0.25) is 5.56 Å². The van der Waals surface area contributed by atoms with Crippen LogP contribution in [-0.2, 0) is 0 Å². The molecule has 3 aromatic rings. The number of thiazole rings is 1. The molecule has 0 radical (unpaired) electrons. The van der Waals surface area contributed by atoms with Crippen LogP contribution in [0.2, 0.25) is 0 Å². The standard InChI is InChI=1S/C18H17N3O2S/c1-10-6-11(2)16(12(3)7-10)14-9-24-18(20-14)21-17(23)13-4-5-15(22)19-8-13/h4-9H,1-3H3,(H,19,22)(H,20,21,23). The van der Waals surface area contributed by atoms with Gasteiger partial charge in [0.15, 0.2) is 5.13 Å². The number of aromatic amines is 1. The molecule has 6 heteroatoms. The summed E-state index contributed by atoms with van der Waals surface area (Å²) in [5.41, 5.74) is 5.64. The van der Waals surface area contributed by atoms with Crippen molar-refractivity contribution in [1.29, 1.82) is 0 Å². The molecule has 0 saturated carbocycles. The minimum Gasteiger partial charge on any atom is -0.328 e. The molecule has 0 unspecified atom stereocenters. The fourth-order valence-corrected chi connectivity index (χ4v) is 3.45. The second-order valence-corrected chi connectivity index (χ2v) is 6.57. The van der Waals surface area contributed by atoms with Gasteiger partial charge in [0.25, 0.3) is 5.91 Å². The van der Waals surface area contributed by atoms with Crippen LogP contribution in [0.1, 0.15) is 27.0 Å². The Morgan fingerprint density at radius 1 is 1.17 bits per heavy atom. The van der Waals surface area contributed by atoms with E-state index in [4.69, 9.17) is 0 Å². The van der Waals surface area contributed by atoms with Crippen molar-refractivity contribution >= 4 is 22.4 Å². The molecule has 24 heavy (non-hydrogen) atoms. The summed E-state index contributed by atoms with van der Waals surface area (Å²) in [6, 6.07) is 7.05. The first-order chi connectivity index (χ1) is 11.4. The number of nitrogens with one attached hydrogen (secondary N) is 2. The topological polar surface area (TPSA) is 74.8 Å². The van der Waals surface area contributed by atoms with Gasteiger partial charge < -0.3 is 4.98 Å². The average Bonchev–Trinajstić information content (AvgIpc) is 2.95. The number of hydrogen-bond acceptors (Lipinski definition) is 4. The Hall–Kier alpha value is -2.73. The maximum absolute atomic E-state index is 12.2. The van der Waals surface area contributed by atoms with Gasteiger partial charge in [0.05, 0.1) is 11.3 Å². The van der Waals surface area contributed by atoms with Gasteiger partial charge in [-0.2, -0.15) is 0 Å². The third-order valence-electron chi connectivity index (χ3n) is 3.70. The van der Waals surface area contributed by atoms with Gasteiger partial charge in [0.1, 0.15) is 0 Å². The number of hydrogen-bond donors (Lipinski definition) is 2. The molecule has 5 nitrogen and oxygen atoms in total. The Morgan fingerprint density at radius 3 is 2.50 bits per heavy atom. The molecule has 0 bridgehead atoms. The number of aromatic nitrogens is 2. The molecular weight excluding hydrogens is 322 g/mol. The Bertz CT molecular complexity index is 929. The SMILES string of the molecule is Cc1cc(C)c(-c2csc(NC(=O)c3ccc(=O)[nH]c3)n2)c(C)c1. The Morgan fingerprint density at radius 2 is 1.88 bits per heavy atom. The molecule has 2 aromatic heterocycles. The maximum atomic E-state index is 12.2. The lowest BCUT2D eigenvalue weighted by molar-refractivity contribution is 0.102. The highest BCUT2D eigenvalue weighted by Crippen LogP contribution is 2.31. The molecule has 1 amide bonds. The predicted octanol–water partition coefficient (Wildman–Crippen LogP) is 3.68. The van der Waals surface area contributed by atoms with Crippen LogP contribution in [0.3, 0.4) is 0 Å². The van der Waals surface area contributed by atoms with E-state index in [1.54, 1.807) is 0 Å². The van der Waals surface area contributed by atoms with Crippen molar-refractivity contribution in [1.82, 2.24) is 9.97 Å². The number of nitrogens with zero attached hydrogens (tertiary/aromatic N) is 1. The van der Waals surface area contributed by atoms with Crippen LogP contribution in [0, 0.1) is 20.8 Å². The van der Waals surface area contributed by atoms with E-state index >= 15 is 0 Å². The average molecular weight is 339 g/mol. The number of amides is 1. The zero-order valence-electron chi connectivity index (χ0n) is 13.6. The van der Waals surface area contributed by atoms with Crippen LogP contribution in [0.5, 0.6) is 0 Å². The van der Waals surface area contributed by atoms with E-state index in [0.29, 0.717) is 10.7 Å². The highest BCUT2D eigenvalue weighted by atomic mass is 32.1. The molecule has 0 aliphatic carbocycles. The van der Waals surface area contributed by atoms with E-state index in [0.717, 1.165) is 22.4 Å². The van der Waals surface area contributed by atoms with Crippen LogP contribution in [-0.4, -0.2) is 15.9 Å². The molecule has 2 N–H and O–H groups in total. The van der Waals surface area contributed by atoms with Crippen molar-refractivity contribution in [3.05, 3.63) is 68.4 Å². The molecule has 0 saturated heterocycles. The minimum absolute atomic E-state index is 0.242. The molecule has 2 heterocycles. The van der Waals surface area contributed by atoms with Crippen LogP contribution in [0.15, 0.2) is 40.6 Å². The second-order valence-electron chi connectivity index (χ2n) is 5.71. The van der Waals surface area contributed by atoms with Crippen LogP contribution < -0.4 is 10.9 Å². The molecule has 122 valence electrons. The van der Waals surface area contributed by atoms with Crippen molar-refractivity contribution in [2.75, 3.05) is 5.32 Å². The first kappa shape index (κ1) is 16.1. The fraction of sp³-hybridized carbons (Fsp3) is 0.167. The van der Waals surface area contributed by atoms with Crippen molar-refractivity contribution in [2.24, 2.45) is 0 Å². The first-order valence-electron chi connectivity index (χ1n) is 7.48. The molecule has 0 fully saturated rings. The largest absolute Gasteiger partial charge is 0.328 e. The molecule has 0 atom stereocenters. The summed E-state index contributed by atoms with van der Waals surface area (Å²) in [5.74, 6) is -0.301. The minimum atomic E-state index is -0.301. The van der Waals surface area contributed by atoms with Gasteiger partial charge in [-0.15, -0.1) is 11.3 Å². The summed E-state index contributed by atoms with van der Waals surface area (Å²) in [7, 11) is 0. The summed E-state index contributed by atoms with van der Waals surface area (Å²) in [6.45, 7) is 6.20. The van der Waals surface area contributed by atoms with Crippen molar-refractivity contribution in [2.45, 2.75) is 20.8 Å². The lowest BCUT2D eigenvalue weighted by Gasteiger charge is -2.08. The number of rotatable bonds is 3. The Labute approximate surface area is 143 Å². The van der Waals surface area contributed by atoms with E-state index in [-0.39, 0.29) is 11.5 Å². The predicted molar refractivity (Wildman–Crippen MR) is 96.8 cm³/mol. The van der Waals surface area contributed by atoms with Gasteiger partial charge in [-0.25, -0.2) is 4.98 Å². The summed E-state index contributed by atoms with van der Waals surface area (Å²) in [4.78, 5) is 30.3. The maximum Gasteiger partial charge on any atom is 0.258 e.